The first kappa shape index (κ1) is 13.5. The Hall–Kier alpha value is -1.43. The van der Waals surface area contributed by atoms with E-state index in [1.165, 1.54) is 25.7 Å². The Balaban J connectivity index is 2.08. The van der Waals surface area contributed by atoms with Crippen LogP contribution in [0.2, 0.25) is 0 Å². The molecule has 5 nitrogen and oxygen atoms in total. The zero-order valence-corrected chi connectivity index (χ0v) is 13.1. The average Bonchev–Trinajstić information content (AvgIpc) is 2.95. The van der Waals surface area contributed by atoms with Gasteiger partial charge in [-0.2, -0.15) is 0 Å². The van der Waals surface area contributed by atoms with Gasteiger partial charge in [0.2, 0.25) is 0 Å². The Morgan fingerprint density at radius 2 is 2.05 bits per heavy atom. The summed E-state index contributed by atoms with van der Waals surface area (Å²) in [5, 5.41) is 3.54. The van der Waals surface area contributed by atoms with E-state index >= 15 is 0 Å². The van der Waals surface area contributed by atoms with Crippen molar-refractivity contribution < 1.29 is 0 Å². The highest BCUT2D eigenvalue weighted by molar-refractivity contribution is 9.10. The minimum absolute atomic E-state index is 0.429. The molecule has 0 amide bonds. The van der Waals surface area contributed by atoms with E-state index in [0.717, 1.165) is 27.9 Å². The molecule has 2 aromatic rings. The number of aryl methyl sites for hydroxylation is 1. The summed E-state index contributed by atoms with van der Waals surface area (Å²) in [6, 6.07) is 0.519. The fourth-order valence-electron chi connectivity index (χ4n) is 2.69. The zero-order chi connectivity index (χ0) is 14.1. The maximum atomic E-state index is 5.91. The average molecular weight is 336 g/mol. The molecule has 3 rings (SSSR count). The Labute approximate surface area is 126 Å². The number of nitrogens with two attached hydrogens (primary N) is 1. The predicted octanol–water partition coefficient (Wildman–Crippen LogP) is 3.29. The molecule has 0 aromatic carbocycles. The van der Waals surface area contributed by atoms with E-state index in [1.54, 1.807) is 6.20 Å². The summed E-state index contributed by atoms with van der Waals surface area (Å²) in [6.07, 6.45) is 7.51. The van der Waals surface area contributed by atoms with Crippen molar-refractivity contribution in [1.82, 2.24) is 15.0 Å². The summed E-state index contributed by atoms with van der Waals surface area (Å²) in [5.74, 6) is 1.32. The van der Waals surface area contributed by atoms with E-state index in [2.05, 4.69) is 38.1 Å². The molecule has 2 heterocycles. The maximum Gasteiger partial charge on any atom is 0.151 e. The number of hydrogen-bond acceptors (Lipinski definition) is 5. The summed E-state index contributed by atoms with van der Waals surface area (Å²) >= 11 is 3.48. The standard InChI is InChI=1S/C14H18BrN5/c1-2-10-14(18-8-5-3-4-6-8)20-11-9(15)7-17-13(16)12(11)19-10/h7-8H,2-6H2,1H3,(H2,16,17)(H,18,20). The molecule has 2 aromatic heterocycles. The van der Waals surface area contributed by atoms with Crippen LogP contribution in [-0.2, 0) is 6.42 Å². The Morgan fingerprint density at radius 3 is 2.75 bits per heavy atom. The van der Waals surface area contributed by atoms with Crippen LogP contribution in [0.25, 0.3) is 11.0 Å². The van der Waals surface area contributed by atoms with Crippen molar-refractivity contribution in [2.75, 3.05) is 11.1 Å². The number of anilines is 2. The second-order valence-electron chi connectivity index (χ2n) is 5.19. The summed E-state index contributed by atoms with van der Waals surface area (Å²) in [6.45, 7) is 2.08. The molecule has 1 aliphatic carbocycles. The summed E-state index contributed by atoms with van der Waals surface area (Å²) in [7, 11) is 0. The van der Waals surface area contributed by atoms with E-state index in [9.17, 15) is 0 Å². The molecule has 0 unspecified atom stereocenters. The topological polar surface area (TPSA) is 76.7 Å². The zero-order valence-electron chi connectivity index (χ0n) is 11.5. The third-order valence-corrected chi connectivity index (χ3v) is 4.37. The summed E-state index contributed by atoms with van der Waals surface area (Å²) in [5.41, 5.74) is 8.31. The third-order valence-electron chi connectivity index (χ3n) is 3.78. The van der Waals surface area contributed by atoms with Crippen molar-refractivity contribution in [3.05, 3.63) is 16.4 Å². The van der Waals surface area contributed by atoms with Gasteiger partial charge in [-0.05, 0) is 35.2 Å². The molecule has 0 atom stereocenters. The number of nitrogen functional groups attached to an aromatic ring is 1. The van der Waals surface area contributed by atoms with Crippen LogP contribution in [0.1, 0.15) is 38.3 Å². The smallest absolute Gasteiger partial charge is 0.151 e. The number of fused-ring (bicyclic) bond motifs is 1. The summed E-state index contributed by atoms with van der Waals surface area (Å²) < 4.78 is 0.825. The minimum Gasteiger partial charge on any atom is -0.382 e. The van der Waals surface area contributed by atoms with Crippen molar-refractivity contribution in [3.8, 4) is 0 Å². The molecule has 6 heteroatoms. The lowest BCUT2D eigenvalue weighted by Gasteiger charge is -2.16. The number of rotatable bonds is 3. The number of pyridine rings is 1. The Morgan fingerprint density at radius 1 is 1.30 bits per heavy atom. The molecule has 0 saturated heterocycles. The van der Waals surface area contributed by atoms with E-state index in [1.807, 2.05) is 0 Å². The number of nitrogens with zero attached hydrogens (tertiary/aromatic N) is 3. The van der Waals surface area contributed by atoms with Gasteiger partial charge in [0.25, 0.3) is 0 Å². The minimum atomic E-state index is 0.429. The molecule has 106 valence electrons. The highest BCUT2D eigenvalue weighted by Crippen LogP contribution is 2.28. The third kappa shape index (κ3) is 2.44. The highest BCUT2D eigenvalue weighted by atomic mass is 79.9. The first-order valence-corrected chi connectivity index (χ1v) is 7.85. The first-order valence-electron chi connectivity index (χ1n) is 7.06. The number of hydrogen-bond donors (Lipinski definition) is 2. The van der Waals surface area contributed by atoms with Gasteiger partial charge in [-0.1, -0.05) is 19.8 Å². The molecule has 20 heavy (non-hydrogen) atoms. The van der Waals surface area contributed by atoms with Crippen LogP contribution >= 0.6 is 15.9 Å². The molecule has 0 spiro atoms. The van der Waals surface area contributed by atoms with E-state index in [4.69, 9.17) is 10.7 Å². The lowest BCUT2D eigenvalue weighted by Crippen LogP contribution is -2.17. The molecule has 0 aliphatic heterocycles. The second-order valence-corrected chi connectivity index (χ2v) is 6.04. The van der Waals surface area contributed by atoms with Crippen LogP contribution in [0.15, 0.2) is 10.7 Å². The molecule has 1 fully saturated rings. The second kappa shape index (κ2) is 5.52. The van der Waals surface area contributed by atoms with Crippen molar-refractivity contribution in [1.29, 1.82) is 0 Å². The maximum absolute atomic E-state index is 5.91. The van der Waals surface area contributed by atoms with Crippen molar-refractivity contribution >= 4 is 38.6 Å². The van der Waals surface area contributed by atoms with Crippen LogP contribution in [0, 0.1) is 0 Å². The van der Waals surface area contributed by atoms with Gasteiger partial charge < -0.3 is 11.1 Å². The van der Waals surface area contributed by atoms with Crippen LogP contribution in [-0.4, -0.2) is 21.0 Å². The van der Waals surface area contributed by atoms with Gasteiger partial charge in [0.15, 0.2) is 5.82 Å². The lowest BCUT2D eigenvalue weighted by molar-refractivity contribution is 0.747. The molecule has 1 aliphatic rings. The summed E-state index contributed by atoms with van der Waals surface area (Å²) in [4.78, 5) is 13.5. The number of halogens is 1. The molecule has 0 radical (unpaired) electrons. The molecule has 0 bridgehead atoms. The van der Waals surface area contributed by atoms with E-state index in [-0.39, 0.29) is 0 Å². The molecular weight excluding hydrogens is 318 g/mol. The fourth-order valence-corrected chi connectivity index (χ4v) is 3.07. The van der Waals surface area contributed by atoms with Crippen molar-refractivity contribution in [3.63, 3.8) is 0 Å². The van der Waals surface area contributed by atoms with Gasteiger partial charge >= 0.3 is 0 Å². The van der Waals surface area contributed by atoms with Crippen LogP contribution in [0.5, 0.6) is 0 Å². The number of aromatic nitrogens is 3. The molecular formula is C14H18BrN5. The predicted molar refractivity (Wildman–Crippen MR) is 84.7 cm³/mol. The van der Waals surface area contributed by atoms with Gasteiger partial charge in [-0.25, -0.2) is 15.0 Å². The van der Waals surface area contributed by atoms with Crippen molar-refractivity contribution in [2.45, 2.75) is 45.1 Å². The van der Waals surface area contributed by atoms with Gasteiger partial charge in [-0.15, -0.1) is 0 Å². The molecule has 1 saturated carbocycles. The normalized spacial score (nSPS) is 15.9. The van der Waals surface area contributed by atoms with Crippen LogP contribution in [0.3, 0.4) is 0 Å². The van der Waals surface area contributed by atoms with Gasteiger partial charge in [0, 0.05) is 12.2 Å². The van der Waals surface area contributed by atoms with Crippen molar-refractivity contribution in [2.24, 2.45) is 0 Å². The lowest BCUT2D eigenvalue weighted by atomic mass is 10.2. The van der Waals surface area contributed by atoms with Gasteiger partial charge in [0.1, 0.15) is 16.9 Å². The fraction of sp³-hybridized carbons (Fsp3) is 0.500. The highest BCUT2D eigenvalue weighted by Gasteiger charge is 2.18. The van der Waals surface area contributed by atoms with Crippen LogP contribution < -0.4 is 11.1 Å². The SMILES string of the molecule is CCc1nc2c(N)ncc(Br)c2nc1NC1CCCC1. The Kier molecular flexibility index (Phi) is 3.74. The Bertz CT molecular complexity index is 637. The monoisotopic (exact) mass is 335 g/mol. The van der Waals surface area contributed by atoms with E-state index in [0.29, 0.717) is 17.4 Å². The number of nitrogens with one attached hydrogen (secondary N) is 1. The van der Waals surface area contributed by atoms with E-state index < -0.39 is 0 Å². The van der Waals surface area contributed by atoms with Gasteiger partial charge in [-0.3, -0.25) is 0 Å². The first-order chi connectivity index (χ1) is 9.69. The largest absolute Gasteiger partial charge is 0.382 e. The van der Waals surface area contributed by atoms with Gasteiger partial charge in [0.05, 0.1) is 10.2 Å². The van der Waals surface area contributed by atoms with Crippen LogP contribution in [0.4, 0.5) is 11.6 Å². The quantitative estimate of drug-likeness (QED) is 0.899. The molecule has 3 N–H and O–H groups in total.